The van der Waals surface area contributed by atoms with E-state index in [1.807, 2.05) is 0 Å². The maximum Gasteiger partial charge on any atom is 0.264 e. The molecule has 37 heavy (non-hydrogen) atoms. The van der Waals surface area contributed by atoms with Crippen LogP contribution in [0.25, 0.3) is 0 Å². The molecule has 1 N–H and O–H groups in total. The molecule has 3 aromatic carbocycles. The Morgan fingerprint density at radius 3 is 1.92 bits per heavy atom. The summed E-state index contributed by atoms with van der Waals surface area (Å²) < 4.78 is 38.8. The monoisotopic (exact) mass is 525 g/mol. The minimum Gasteiger partial charge on any atom is -0.497 e. The Bertz CT molecular complexity index is 1300. The maximum atomic E-state index is 13.7. The zero-order chi connectivity index (χ0) is 27.0. The standard InChI is InChI=1S/C27H31N3O6S/c1-20(27(32)28-2)29(18-21-10-12-23(35-3)13-11-21)26(31)19-30(22-8-6-5-7-9-22)37(33,34)25-16-14-24(36-4)15-17-25/h5-17,20H,18-19H2,1-4H3,(H,28,32). The number of rotatable bonds is 11. The number of ether oxygens (including phenoxy) is 2. The van der Waals surface area contributed by atoms with Gasteiger partial charge in [0.25, 0.3) is 10.0 Å². The number of nitrogens with zero attached hydrogens (tertiary/aromatic N) is 2. The third kappa shape index (κ3) is 6.59. The first-order chi connectivity index (χ1) is 17.7. The number of sulfonamides is 1. The van der Waals surface area contributed by atoms with Crippen molar-refractivity contribution in [3.05, 3.63) is 84.4 Å². The lowest BCUT2D eigenvalue weighted by atomic mass is 10.1. The number of benzene rings is 3. The smallest absolute Gasteiger partial charge is 0.264 e. The first kappa shape index (κ1) is 27.5. The molecule has 0 aromatic heterocycles. The first-order valence-electron chi connectivity index (χ1n) is 11.6. The molecule has 3 aromatic rings. The van der Waals surface area contributed by atoms with Crippen LogP contribution in [0.5, 0.6) is 11.5 Å². The van der Waals surface area contributed by atoms with Crippen molar-refractivity contribution in [2.24, 2.45) is 0 Å². The number of amides is 2. The molecule has 3 rings (SSSR count). The van der Waals surface area contributed by atoms with Crippen molar-refractivity contribution in [2.75, 3.05) is 32.1 Å². The van der Waals surface area contributed by atoms with E-state index in [9.17, 15) is 18.0 Å². The van der Waals surface area contributed by atoms with Gasteiger partial charge in [0.15, 0.2) is 0 Å². The highest BCUT2D eigenvalue weighted by Gasteiger charge is 2.32. The molecule has 0 spiro atoms. The van der Waals surface area contributed by atoms with Gasteiger partial charge in [-0.1, -0.05) is 30.3 Å². The summed E-state index contributed by atoms with van der Waals surface area (Å²) in [4.78, 5) is 27.6. The van der Waals surface area contributed by atoms with Crippen LogP contribution in [0.2, 0.25) is 0 Å². The summed E-state index contributed by atoms with van der Waals surface area (Å²) in [7, 11) is 0.403. The van der Waals surface area contributed by atoms with Crippen LogP contribution < -0.4 is 19.1 Å². The van der Waals surface area contributed by atoms with E-state index in [-0.39, 0.29) is 17.3 Å². The summed E-state index contributed by atoms with van der Waals surface area (Å²) in [6.07, 6.45) is 0. The second-order valence-electron chi connectivity index (χ2n) is 8.18. The lowest BCUT2D eigenvalue weighted by molar-refractivity contribution is -0.139. The zero-order valence-electron chi connectivity index (χ0n) is 21.2. The molecule has 0 aliphatic rings. The molecule has 1 atom stereocenters. The second-order valence-corrected chi connectivity index (χ2v) is 10.0. The number of nitrogens with one attached hydrogen (secondary N) is 1. The summed E-state index contributed by atoms with van der Waals surface area (Å²) >= 11 is 0. The van der Waals surface area contributed by atoms with Gasteiger partial charge in [-0.3, -0.25) is 13.9 Å². The second kappa shape index (κ2) is 12.3. The number of methoxy groups -OCH3 is 2. The molecular formula is C27H31N3O6S. The van der Waals surface area contributed by atoms with Gasteiger partial charge in [0.2, 0.25) is 11.8 Å². The Kier molecular flexibility index (Phi) is 9.13. The van der Waals surface area contributed by atoms with Crippen LogP contribution in [0.4, 0.5) is 5.69 Å². The number of hydrogen-bond acceptors (Lipinski definition) is 6. The molecule has 1 unspecified atom stereocenters. The summed E-state index contributed by atoms with van der Waals surface area (Å²) in [6.45, 7) is 1.20. The quantitative estimate of drug-likeness (QED) is 0.413. The average molecular weight is 526 g/mol. The van der Waals surface area contributed by atoms with Gasteiger partial charge < -0.3 is 19.7 Å². The lowest BCUT2D eigenvalue weighted by Crippen LogP contribution is -2.50. The van der Waals surface area contributed by atoms with Gasteiger partial charge in [-0.25, -0.2) is 8.42 Å². The molecular weight excluding hydrogens is 494 g/mol. The van der Waals surface area contributed by atoms with E-state index < -0.39 is 28.5 Å². The number of carbonyl (C=O) groups is 2. The molecule has 0 saturated heterocycles. The van der Waals surface area contributed by atoms with Crippen molar-refractivity contribution < 1.29 is 27.5 Å². The highest BCUT2D eigenvalue weighted by molar-refractivity contribution is 7.92. The fraction of sp³-hybridized carbons (Fsp3) is 0.259. The van der Waals surface area contributed by atoms with Gasteiger partial charge in [-0.15, -0.1) is 0 Å². The van der Waals surface area contributed by atoms with Gasteiger partial charge in [-0.2, -0.15) is 0 Å². The van der Waals surface area contributed by atoms with Crippen molar-refractivity contribution in [1.82, 2.24) is 10.2 Å². The van der Waals surface area contributed by atoms with Gasteiger partial charge in [-0.05, 0) is 61.0 Å². The largest absolute Gasteiger partial charge is 0.497 e. The summed E-state index contributed by atoms with van der Waals surface area (Å²) in [5.74, 6) is 0.257. The predicted molar refractivity (Wildman–Crippen MR) is 141 cm³/mol. The van der Waals surface area contributed by atoms with E-state index in [1.54, 1.807) is 80.8 Å². The molecule has 0 aliphatic heterocycles. The Morgan fingerprint density at radius 2 is 1.41 bits per heavy atom. The number of hydrogen-bond donors (Lipinski definition) is 1. The molecule has 196 valence electrons. The molecule has 10 heteroatoms. The highest BCUT2D eigenvalue weighted by atomic mass is 32.2. The normalized spacial score (nSPS) is 11.8. The van der Waals surface area contributed by atoms with Crippen molar-refractivity contribution in [3.63, 3.8) is 0 Å². The van der Waals surface area contributed by atoms with Gasteiger partial charge in [0.1, 0.15) is 24.1 Å². The minimum absolute atomic E-state index is 0.00556. The van der Waals surface area contributed by atoms with Crippen molar-refractivity contribution in [2.45, 2.75) is 24.4 Å². The van der Waals surface area contributed by atoms with Crippen LogP contribution >= 0.6 is 0 Å². The molecule has 0 fully saturated rings. The van der Waals surface area contributed by atoms with Crippen molar-refractivity contribution in [3.8, 4) is 11.5 Å². The molecule has 0 aliphatic carbocycles. The van der Waals surface area contributed by atoms with Crippen LogP contribution in [-0.4, -0.2) is 59.0 Å². The van der Waals surface area contributed by atoms with Crippen molar-refractivity contribution in [1.29, 1.82) is 0 Å². The van der Waals surface area contributed by atoms with E-state index in [0.717, 1.165) is 9.87 Å². The summed E-state index contributed by atoms with van der Waals surface area (Å²) in [5, 5.41) is 2.56. The van der Waals surface area contributed by atoms with Gasteiger partial charge in [0, 0.05) is 13.6 Å². The molecule has 0 bridgehead atoms. The fourth-order valence-electron chi connectivity index (χ4n) is 3.72. The molecule has 0 radical (unpaired) electrons. The SMILES string of the molecule is CNC(=O)C(C)N(Cc1ccc(OC)cc1)C(=O)CN(c1ccccc1)S(=O)(=O)c1ccc(OC)cc1. The molecule has 0 heterocycles. The Morgan fingerprint density at radius 1 is 0.865 bits per heavy atom. The van der Waals surface area contributed by atoms with Crippen molar-refractivity contribution >= 4 is 27.5 Å². The molecule has 9 nitrogen and oxygen atoms in total. The number of anilines is 1. The summed E-state index contributed by atoms with van der Waals surface area (Å²) in [6, 6.07) is 20.6. The maximum absolute atomic E-state index is 13.7. The minimum atomic E-state index is -4.13. The molecule has 0 saturated carbocycles. The number of likely N-dealkylation sites (N-methyl/N-ethyl adjacent to an activating group) is 1. The van der Waals surface area contributed by atoms with Crippen LogP contribution in [0.15, 0.2) is 83.8 Å². The Labute approximate surface area is 217 Å². The average Bonchev–Trinajstić information content (AvgIpc) is 2.94. The summed E-state index contributed by atoms with van der Waals surface area (Å²) in [5.41, 5.74) is 1.08. The third-order valence-corrected chi connectivity index (χ3v) is 7.68. The fourth-order valence-corrected chi connectivity index (χ4v) is 5.13. The van der Waals surface area contributed by atoms with E-state index in [2.05, 4.69) is 5.32 Å². The lowest BCUT2D eigenvalue weighted by Gasteiger charge is -2.31. The molecule has 2 amide bonds. The van der Waals surface area contributed by atoms with Crippen LogP contribution in [0.1, 0.15) is 12.5 Å². The predicted octanol–water partition coefficient (Wildman–Crippen LogP) is 3.06. The van der Waals surface area contributed by atoms with Crippen LogP contribution in [0, 0.1) is 0 Å². The van der Waals surface area contributed by atoms with E-state index >= 15 is 0 Å². The zero-order valence-corrected chi connectivity index (χ0v) is 22.1. The van der Waals surface area contributed by atoms with Crippen LogP contribution in [-0.2, 0) is 26.2 Å². The Hall–Kier alpha value is -4.05. The van der Waals surface area contributed by atoms with E-state index in [0.29, 0.717) is 17.2 Å². The van der Waals surface area contributed by atoms with Crippen LogP contribution in [0.3, 0.4) is 0 Å². The van der Waals surface area contributed by atoms with Gasteiger partial charge >= 0.3 is 0 Å². The first-order valence-corrected chi connectivity index (χ1v) is 13.0. The third-order valence-electron chi connectivity index (χ3n) is 5.90. The number of carbonyl (C=O) groups excluding carboxylic acids is 2. The topological polar surface area (TPSA) is 105 Å². The number of para-hydroxylation sites is 1. The van der Waals surface area contributed by atoms with Gasteiger partial charge in [0.05, 0.1) is 24.8 Å². The Balaban J connectivity index is 1.98. The van der Waals surface area contributed by atoms with E-state index in [1.165, 1.54) is 31.2 Å². The highest BCUT2D eigenvalue weighted by Crippen LogP contribution is 2.26. The van der Waals surface area contributed by atoms with E-state index in [4.69, 9.17) is 9.47 Å².